The second kappa shape index (κ2) is 17.2. The largest absolute Gasteiger partial charge is 3.00 e. The molecule has 162 valence electrons. The van der Waals surface area contributed by atoms with Crippen LogP contribution in [0.3, 0.4) is 0 Å². The molecule has 3 rings (SSSR count). The predicted molar refractivity (Wildman–Crippen MR) is 101 cm³/mol. The van der Waals surface area contributed by atoms with Gasteiger partial charge in [-0.3, -0.25) is 0 Å². The quantitative estimate of drug-likeness (QED) is 0.300. The molecule has 0 radical (unpaired) electrons. The van der Waals surface area contributed by atoms with Crippen LogP contribution in [0.4, 0.5) is 0 Å². The maximum Gasteiger partial charge on any atom is 3.00 e. The van der Waals surface area contributed by atoms with E-state index >= 15 is 0 Å². The first-order chi connectivity index (χ1) is 12.3. The van der Waals surface area contributed by atoms with Crippen molar-refractivity contribution in [1.82, 2.24) is 26.1 Å². The van der Waals surface area contributed by atoms with Crippen molar-refractivity contribution in [2.24, 2.45) is 10.2 Å². The normalized spacial score (nSPS) is 17.6. The summed E-state index contributed by atoms with van der Waals surface area (Å²) in [5.74, 6) is 0. The second-order valence-corrected chi connectivity index (χ2v) is 6.81. The molecule has 2 saturated heterocycles. The first-order valence-corrected chi connectivity index (χ1v) is 9.36. The van der Waals surface area contributed by atoms with Crippen molar-refractivity contribution in [1.29, 1.82) is 0 Å². The zero-order valence-electron chi connectivity index (χ0n) is 16.7. The third-order valence-electron chi connectivity index (χ3n) is 4.51. The molecule has 0 bridgehead atoms. The molecule has 0 amide bonds. The van der Waals surface area contributed by atoms with Crippen LogP contribution in [-0.4, -0.2) is 53.6 Å². The summed E-state index contributed by atoms with van der Waals surface area (Å²) in [5.41, 5.74) is 9.03. The number of aryl methyl sites for hydroxylation is 1. The Bertz CT molecular complexity index is 559. The molecule has 1 aromatic heterocycles. The minimum absolute atomic E-state index is 0. The van der Waals surface area contributed by atoms with Crippen molar-refractivity contribution in [3.05, 3.63) is 29.1 Å². The average molecular weight is 501 g/mol. The molecular weight excluding hydrogens is 472 g/mol. The predicted octanol–water partition coefficient (Wildman–Crippen LogP) is -6.95. The number of rotatable bonds is 6. The summed E-state index contributed by atoms with van der Waals surface area (Å²) in [6.07, 6.45) is 11.1. The summed E-state index contributed by atoms with van der Waals surface area (Å²) in [6, 6.07) is 4.05. The molecule has 2 fully saturated rings. The fraction of sp³-hybridized carbons (Fsp3) is 0.611. The van der Waals surface area contributed by atoms with Crippen molar-refractivity contribution < 1.29 is 55.8 Å². The van der Waals surface area contributed by atoms with Crippen LogP contribution >= 0.6 is 0 Å². The molecule has 0 unspecified atom stereocenters. The smallest absolute Gasteiger partial charge is 1.00 e. The van der Waals surface area contributed by atoms with Crippen LogP contribution in [-0.2, 0) is 18.6 Å². The standard InChI is InChI=1S/C18H29N7.3ClH.V/c1-16-12-17(14-19-22-24-8-4-2-5-9-24)21-18(13-16)15-20-23-25-10-6-3-7-11-25;;;;/h12-15,22-23H,2-11H2,1H3;3*1H;/q;;;;+3/p-3. The summed E-state index contributed by atoms with van der Waals surface area (Å²) in [5, 5.41) is 12.9. The number of hydrogen-bond acceptors (Lipinski definition) is 7. The van der Waals surface area contributed by atoms with Gasteiger partial charge < -0.3 is 37.2 Å². The fourth-order valence-corrected chi connectivity index (χ4v) is 3.20. The van der Waals surface area contributed by atoms with Crippen LogP contribution < -0.4 is 48.3 Å². The van der Waals surface area contributed by atoms with Crippen LogP contribution in [0, 0.1) is 6.92 Å². The Hall–Kier alpha value is -0.536. The zero-order chi connectivity index (χ0) is 17.3. The summed E-state index contributed by atoms with van der Waals surface area (Å²) >= 11 is 0. The zero-order valence-corrected chi connectivity index (χ0v) is 20.4. The molecule has 2 N–H and O–H groups in total. The molecule has 2 aliphatic heterocycles. The fourth-order valence-electron chi connectivity index (χ4n) is 3.20. The number of nitrogens with one attached hydrogen (secondary N) is 2. The van der Waals surface area contributed by atoms with Gasteiger partial charge >= 0.3 is 18.6 Å². The van der Waals surface area contributed by atoms with E-state index in [-0.39, 0.29) is 55.8 Å². The third-order valence-corrected chi connectivity index (χ3v) is 4.51. The van der Waals surface area contributed by atoms with Gasteiger partial charge in [-0.15, -0.1) is 0 Å². The number of pyridine rings is 1. The Morgan fingerprint density at radius 3 is 1.52 bits per heavy atom. The molecule has 0 saturated carbocycles. The van der Waals surface area contributed by atoms with Crippen molar-refractivity contribution in [3.63, 3.8) is 0 Å². The molecule has 0 atom stereocenters. The third kappa shape index (κ3) is 11.4. The van der Waals surface area contributed by atoms with E-state index in [2.05, 4.69) is 43.2 Å². The van der Waals surface area contributed by atoms with E-state index < -0.39 is 0 Å². The van der Waals surface area contributed by atoms with Crippen molar-refractivity contribution >= 4 is 12.4 Å². The first-order valence-electron chi connectivity index (χ1n) is 9.36. The van der Waals surface area contributed by atoms with Gasteiger partial charge in [-0.05, 0) is 50.3 Å². The van der Waals surface area contributed by atoms with E-state index in [9.17, 15) is 0 Å². The van der Waals surface area contributed by atoms with Gasteiger partial charge in [0.05, 0.1) is 23.8 Å². The van der Waals surface area contributed by atoms with Gasteiger partial charge in [-0.2, -0.15) is 10.2 Å². The number of halogens is 3. The van der Waals surface area contributed by atoms with Crippen LogP contribution in [0.1, 0.15) is 55.5 Å². The van der Waals surface area contributed by atoms with Gasteiger partial charge in [0.15, 0.2) is 0 Å². The van der Waals surface area contributed by atoms with Gasteiger partial charge in [0.25, 0.3) is 0 Å². The van der Waals surface area contributed by atoms with Gasteiger partial charge in [0, 0.05) is 26.2 Å². The molecule has 0 aliphatic carbocycles. The van der Waals surface area contributed by atoms with Gasteiger partial charge in [-0.1, -0.05) is 12.8 Å². The van der Waals surface area contributed by atoms with E-state index in [4.69, 9.17) is 0 Å². The van der Waals surface area contributed by atoms with E-state index in [1.807, 2.05) is 12.1 Å². The van der Waals surface area contributed by atoms with Crippen LogP contribution in [0.5, 0.6) is 0 Å². The number of hydrazine groups is 2. The summed E-state index contributed by atoms with van der Waals surface area (Å²) in [6.45, 7) is 6.28. The van der Waals surface area contributed by atoms with E-state index in [1.165, 1.54) is 38.5 Å². The maximum absolute atomic E-state index is 4.58. The van der Waals surface area contributed by atoms with Crippen molar-refractivity contribution in [2.75, 3.05) is 26.2 Å². The Balaban J connectivity index is 0. The van der Waals surface area contributed by atoms with E-state index in [0.29, 0.717) is 0 Å². The maximum atomic E-state index is 4.58. The molecule has 0 spiro atoms. The van der Waals surface area contributed by atoms with Gasteiger partial charge in [-0.25, -0.2) is 26.1 Å². The molecular formula is C18H29Cl3N7V. The Kier molecular flexibility index (Phi) is 18.2. The minimum Gasteiger partial charge on any atom is -1.00 e. The second-order valence-electron chi connectivity index (χ2n) is 6.81. The molecule has 7 nitrogen and oxygen atoms in total. The number of piperidine rings is 2. The summed E-state index contributed by atoms with van der Waals surface area (Å²) < 4.78 is 0. The summed E-state index contributed by atoms with van der Waals surface area (Å²) in [4.78, 5) is 4.58. The number of hydrazone groups is 2. The van der Waals surface area contributed by atoms with Crippen LogP contribution in [0.25, 0.3) is 0 Å². The number of aromatic nitrogens is 1. The number of hydrogen-bond donors (Lipinski definition) is 2. The topological polar surface area (TPSA) is 68.1 Å². The number of nitrogens with zero attached hydrogens (tertiary/aromatic N) is 5. The van der Waals surface area contributed by atoms with E-state index in [1.54, 1.807) is 12.4 Å². The molecule has 0 aromatic carbocycles. The SMILES string of the molecule is Cc1cc(C=NNN2CCCCC2)nc(C=NNN2CCCCC2)c1.[Cl-].[Cl-].[Cl-].[V+3]. The van der Waals surface area contributed by atoms with Crippen molar-refractivity contribution in [2.45, 2.75) is 45.4 Å². The van der Waals surface area contributed by atoms with Crippen LogP contribution in [0.15, 0.2) is 22.3 Å². The van der Waals surface area contributed by atoms with Crippen LogP contribution in [0.2, 0.25) is 0 Å². The van der Waals surface area contributed by atoms with Gasteiger partial charge in [0.2, 0.25) is 0 Å². The molecule has 2 aliphatic rings. The van der Waals surface area contributed by atoms with Gasteiger partial charge in [0.1, 0.15) is 0 Å². The Morgan fingerprint density at radius 1 is 0.759 bits per heavy atom. The summed E-state index contributed by atoms with van der Waals surface area (Å²) in [7, 11) is 0. The Labute approximate surface area is 204 Å². The Morgan fingerprint density at radius 2 is 1.14 bits per heavy atom. The molecule has 11 heteroatoms. The minimum atomic E-state index is 0. The average Bonchev–Trinajstić information content (AvgIpc) is 2.63. The monoisotopic (exact) mass is 499 g/mol. The van der Waals surface area contributed by atoms with Crippen molar-refractivity contribution in [3.8, 4) is 0 Å². The molecule has 29 heavy (non-hydrogen) atoms. The first kappa shape index (κ1) is 30.7. The molecule has 1 aromatic rings. The van der Waals surface area contributed by atoms with E-state index in [0.717, 1.165) is 43.1 Å². The molecule has 3 heterocycles.